The Morgan fingerprint density at radius 1 is 0.745 bits per heavy atom. The van der Waals surface area contributed by atoms with Gasteiger partial charge in [-0.3, -0.25) is 4.79 Å². The minimum atomic E-state index is -2.93. The molecule has 5 nitrogen and oxygen atoms in total. The van der Waals surface area contributed by atoms with Crippen LogP contribution in [0.4, 0.5) is 4.79 Å². The number of carbonyl (C=O) groups excluding carboxylic acids is 2. The first-order valence-corrected chi connectivity index (χ1v) is 19.7. The van der Waals surface area contributed by atoms with E-state index >= 15 is 0 Å². The average molecular weight is 694 g/mol. The van der Waals surface area contributed by atoms with Crippen LogP contribution in [-0.4, -0.2) is 31.3 Å². The zero-order chi connectivity index (χ0) is 36.1. The van der Waals surface area contributed by atoms with Crippen LogP contribution in [0.2, 0.25) is 5.04 Å². The highest BCUT2D eigenvalue weighted by Gasteiger charge is 2.59. The smallest absolute Gasteiger partial charge is 0.418 e. The zero-order valence-corrected chi connectivity index (χ0v) is 31.1. The first-order valence-electron chi connectivity index (χ1n) is 17.8. The van der Waals surface area contributed by atoms with Crippen molar-refractivity contribution >= 4 is 30.7 Å². The molecule has 0 saturated carbocycles. The van der Waals surface area contributed by atoms with Gasteiger partial charge in [-0.15, -0.1) is 0 Å². The predicted octanol–water partition coefficient (Wildman–Crippen LogP) is 9.20. The summed E-state index contributed by atoms with van der Waals surface area (Å²) in [6, 6.07) is 50.2. The van der Waals surface area contributed by atoms with E-state index in [1.165, 1.54) is 21.3 Å². The molecule has 260 valence electrons. The lowest BCUT2D eigenvalue weighted by atomic mass is 9.75. The number of carbonyl (C=O) groups is 2. The number of nitrogens with zero attached hydrogens (tertiary/aromatic N) is 1. The van der Waals surface area contributed by atoms with E-state index in [2.05, 4.69) is 81.4 Å². The molecule has 0 radical (unpaired) electrons. The first-order chi connectivity index (χ1) is 24.6. The zero-order valence-electron chi connectivity index (χ0n) is 30.1. The molecular formula is C45H47NO4Si. The summed E-state index contributed by atoms with van der Waals surface area (Å²) >= 11 is 0. The highest BCUT2D eigenvalue weighted by molar-refractivity contribution is 6.99. The molecule has 1 aliphatic rings. The van der Waals surface area contributed by atoms with E-state index in [-0.39, 0.29) is 17.1 Å². The average Bonchev–Trinajstić information content (AvgIpc) is 3.48. The van der Waals surface area contributed by atoms with Crippen molar-refractivity contribution in [3.05, 3.63) is 181 Å². The van der Waals surface area contributed by atoms with E-state index in [0.717, 1.165) is 16.7 Å². The van der Waals surface area contributed by atoms with E-state index in [0.29, 0.717) is 6.42 Å². The number of ether oxygens (including phenoxy) is 1. The Morgan fingerprint density at radius 3 is 1.61 bits per heavy atom. The Balaban J connectivity index is 1.37. The van der Waals surface area contributed by atoms with E-state index < -0.39 is 32.0 Å². The fourth-order valence-corrected chi connectivity index (χ4v) is 12.4. The number of amides is 2. The Morgan fingerprint density at radius 2 is 1.18 bits per heavy atom. The number of hydrogen-bond acceptors (Lipinski definition) is 4. The fourth-order valence-electron chi connectivity index (χ4n) is 7.73. The fraction of sp³-hybridized carbons (Fsp3) is 0.244. The van der Waals surface area contributed by atoms with Crippen molar-refractivity contribution in [2.75, 3.05) is 0 Å². The first kappa shape index (κ1) is 35.8. The van der Waals surface area contributed by atoms with Crippen LogP contribution in [0.3, 0.4) is 0 Å². The molecule has 2 amide bonds. The second-order valence-corrected chi connectivity index (χ2v) is 18.8. The van der Waals surface area contributed by atoms with Gasteiger partial charge in [0.05, 0.1) is 12.1 Å². The number of rotatable bonds is 11. The molecule has 1 heterocycles. The SMILES string of the molecule is CC(C)[C@@H]1N(C(=O)/C=C/C[C@@H](O[Si](c2ccccc2)(c2ccccc2)C(C)(C)C)c2ccccc2)C(=O)OC1(c1ccccc1)c1ccccc1. The van der Waals surface area contributed by atoms with Crippen molar-refractivity contribution in [1.82, 2.24) is 4.90 Å². The lowest BCUT2D eigenvalue weighted by Gasteiger charge is -2.45. The van der Waals surface area contributed by atoms with Crippen molar-refractivity contribution in [2.45, 2.75) is 63.8 Å². The maximum absolute atomic E-state index is 14.2. The summed E-state index contributed by atoms with van der Waals surface area (Å²) in [5.41, 5.74) is 1.52. The van der Waals surface area contributed by atoms with Crippen molar-refractivity contribution in [3.8, 4) is 0 Å². The summed E-state index contributed by atoms with van der Waals surface area (Å²) in [4.78, 5) is 29.4. The topological polar surface area (TPSA) is 55.8 Å². The molecule has 6 heteroatoms. The summed E-state index contributed by atoms with van der Waals surface area (Å²) in [6.45, 7) is 10.8. The summed E-state index contributed by atoms with van der Waals surface area (Å²) in [5, 5.41) is 2.13. The molecule has 1 saturated heterocycles. The van der Waals surface area contributed by atoms with Crippen molar-refractivity contribution in [3.63, 3.8) is 0 Å². The lowest BCUT2D eigenvalue weighted by Crippen LogP contribution is -2.66. The van der Waals surface area contributed by atoms with Crippen LogP contribution in [0.15, 0.2) is 164 Å². The van der Waals surface area contributed by atoms with Crippen LogP contribution in [0.5, 0.6) is 0 Å². The Kier molecular flexibility index (Phi) is 10.6. The summed E-state index contributed by atoms with van der Waals surface area (Å²) in [6.07, 6.45) is 2.79. The van der Waals surface area contributed by atoms with E-state index in [1.54, 1.807) is 0 Å². The number of benzene rings is 5. The van der Waals surface area contributed by atoms with Gasteiger partial charge in [-0.2, -0.15) is 0 Å². The maximum Gasteiger partial charge on any atom is 0.418 e. The largest absolute Gasteiger partial charge is 0.430 e. The minimum absolute atomic E-state index is 0.107. The molecule has 51 heavy (non-hydrogen) atoms. The second kappa shape index (κ2) is 15.1. The van der Waals surface area contributed by atoms with E-state index in [4.69, 9.17) is 9.16 Å². The molecule has 1 aliphatic heterocycles. The lowest BCUT2D eigenvalue weighted by molar-refractivity contribution is -0.125. The third-order valence-electron chi connectivity index (χ3n) is 9.93. The van der Waals surface area contributed by atoms with Gasteiger partial charge in [-0.05, 0) is 39.4 Å². The van der Waals surface area contributed by atoms with Gasteiger partial charge in [-0.1, -0.05) is 192 Å². The summed E-state index contributed by atoms with van der Waals surface area (Å²) in [5.74, 6) is -0.519. The van der Waals surface area contributed by atoms with Crippen molar-refractivity contribution in [1.29, 1.82) is 0 Å². The third-order valence-corrected chi connectivity index (χ3v) is 15.0. The maximum atomic E-state index is 14.2. The molecule has 0 unspecified atom stereocenters. The van der Waals surface area contributed by atoms with E-state index in [1.807, 2.05) is 111 Å². The Hall–Kier alpha value is -5.04. The van der Waals surface area contributed by atoms with Crippen LogP contribution in [0, 0.1) is 5.92 Å². The normalized spacial score (nSPS) is 16.7. The van der Waals surface area contributed by atoms with Crippen molar-refractivity contribution in [2.24, 2.45) is 5.92 Å². The molecule has 0 bridgehead atoms. The van der Waals surface area contributed by atoms with Crippen LogP contribution in [-0.2, 0) is 19.6 Å². The Labute approximate surface area is 303 Å². The van der Waals surface area contributed by atoms with Crippen LogP contribution in [0.1, 0.15) is 63.8 Å². The molecular weight excluding hydrogens is 647 g/mol. The number of imide groups is 1. The number of hydrogen-bond donors (Lipinski definition) is 0. The van der Waals surface area contributed by atoms with Gasteiger partial charge >= 0.3 is 6.09 Å². The molecule has 2 atom stereocenters. The second-order valence-electron chi connectivity index (χ2n) is 14.6. The molecule has 0 aromatic heterocycles. The van der Waals surface area contributed by atoms with Gasteiger partial charge in [0, 0.05) is 11.1 Å². The Bertz CT molecular complexity index is 1850. The quantitative estimate of drug-likeness (QED) is 0.102. The highest BCUT2D eigenvalue weighted by Crippen LogP contribution is 2.47. The van der Waals surface area contributed by atoms with Crippen molar-refractivity contribution < 1.29 is 18.8 Å². The van der Waals surface area contributed by atoms with Crippen LogP contribution < -0.4 is 10.4 Å². The minimum Gasteiger partial charge on any atom is -0.430 e. The molecule has 1 fully saturated rings. The standard InChI is InChI=1S/C45H47NO4Si/c1-34(2)42-45(36-24-13-7-14-25-36,37-26-15-8-16-27-37)49-43(48)46(42)41(47)33-21-32-40(35-22-11-6-12-23-35)50-51(44(3,4)5,38-28-17-9-18-29-38)39-30-19-10-20-31-39/h6-31,33-34,40,42H,32H2,1-5H3/b33-21+/t40-,42+/m1/s1. The monoisotopic (exact) mass is 693 g/mol. The van der Waals surface area contributed by atoms with Gasteiger partial charge in [0.25, 0.3) is 14.2 Å². The molecule has 0 spiro atoms. The molecule has 5 aromatic rings. The summed E-state index contributed by atoms with van der Waals surface area (Å²) in [7, 11) is -2.93. The van der Waals surface area contributed by atoms with Crippen LogP contribution >= 0.6 is 0 Å². The third kappa shape index (κ3) is 6.86. The summed E-state index contributed by atoms with van der Waals surface area (Å²) < 4.78 is 13.9. The van der Waals surface area contributed by atoms with Gasteiger partial charge in [-0.25, -0.2) is 9.69 Å². The highest BCUT2D eigenvalue weighted by atomic mass is 28.4. The molecule has 0 aliphatic carbocycles. The van der Waals surface area contributed by atoms with Gasteiger partial charge < -0.3 is 9.16 Å². The van der Waals surface area contributed by atoms with E-state index in [9.17, 15) is 9.59 Å². The molecule has 6 rings (SSSR count). The van der Waals surface area contributed by atoms with Gasteiger partial charge in [0.1, 0.15) is 0 Å². The molecule has 5 aromatic carbocycles. The number of cyclic esters (lactones) is 1. The van der Waals surface area contributed by atoms with Crippen LogP contribution in [0.25, 0.3) is 0 Å². The predicted molar refractivity (Wildman–Crippen MR) is 207 cm³/mol. The van der Waals surface area contributed by atoms with Gasteiger partial charge in [0.15, 0.2) is 5.60 Å². The van der Waals surface area contributed by atoms with Gasteiger partial charge in [0.2, 0.25) is 0 Å². The molecule has 0 N–H and O–H groups in total.